The van der Waals surface area contributed by atoms with Crippen LogP contribution in [0.3, 0.4) is 0 Å². The number of hydrogen-bond donors (Lipinski definition) is 2. The normalized spacial score (nSPS) is 17.6. The monoisotopic (exact) mass is 619 g/mol. The van der Waals surface area contributed by atoms with Crippen LogP contribution in [0.1, 0.15) is 50.0 Å². The van der Waals surface area contributed by atoms with Gasteiger partial charge in [0.2, 0.25) is 14.3 Å². The third-order valence-corrected chi connectivity index (χ3v) is 10.2. The molecule has 1 spiro atoms. The van der Waals surface area contributed by atoms with E-state index in [1.165, 1.54) is 31.9 Å². The highest BCUT2D eigenvalue weighted by Gasteiger charge is 2.37. The van der Waals surface area contributed by atoms with Gasteiger partial charge in [0.05, 0.1) is 22.9 Å². The van der Waals surface area contributed by atoms with Gasteiger partial charge >= 0.3 is 6.61 Å². The van der Waals surface area contributed by atoms with Gasteiger partial charge in [0, 0.05) is 14.2 Å². The number of alkyl halides is 2. The van der Waals surface area contributed by atoms with Crippen molar-refractivity contribution in [2.24, 2.45) is 5.41 Å². The lowest BCUT2D eigenvalue weighted by atomic mass is 9.64. The molecule has 42 heavy (non-hydrogen) atoms. The predicted molar refractivity (Wildman–Crippen MR) is 164 cm³/mol. The van der Waals surface area contributed by atoms with Gasteiger partial charge in [-0.15, -0.1) is 0 Å². The summed E-state index contributed by atoms with van der Waals surface area (Å²) in [6.45, 7) is -0.670. The molecule has 1 saturated heterocycles. The molecule has 226 valence electrons. The van der Waals surface area contributed by atoms with E-state index in [2.05, 4.69) is 32.5 Å². The van der Waals surface area contributed by atoms with Gasteiger partial charge in [-0.3, -0.25) is 0 Å². The summed E-state index contributed by atoms with van der Waals surface area (Å²) in [5.41, 5.74) is 2.50. The number of hydrogen-bond acceptors (Lipinski definition) is 8. The van der Waals surface area contributed by atoms with E-state index in [0.29, 0.717) is 28.5 Å². The van der Waals surface area contributed by atoms with Gasteiger partial charge in [0.15, 0.2) is 5.82 Å². The van der Waals surface area contributed by atoms with Crippen LogP contribution < -0.4 is 20.7 Å². The molecule has 1 saturated carbocycles. The summed E-state index contributed by atoms with van der Waals surface area (Å²) >= 11 is 6.42. The Labute approximate surface area is 252 Å². The molecule has 5 rings (SSSR count). The molecule has 2 aliphatic rings. The Kier molecular flexibility index (Phi) is 10.1. The van der Waals surface area contributed by atoms with Crippen LogP contribution in [0.15, 0.2) is 48.7 Å². The number of nitrogens with one attached hydrogen (secondary N) is 2. The quantitative estimate of drug-likeness (QED) is 0.222. The smallest absolute Gasteiger partial charge is 0.387 e. The van der Waals surface area contributed by atoms with E-state index in [1.807, 2.05) is 30.3 Å². The molecule has 0 bridgehead atoms. The Balaban J connectivity index is 1.33. The number of piperidine rings is 1. The number of nitrogens with zero attached hydrogens (tertiary/aromatic N) is 3. The van der Waals surface area contributed by atoms with E-state index in [9.17, 15) is 8.78 Å². The van der Waals surface area contributed by atoms with Crippen LogP contribution in [0, 0.1) is 5.41 Å². The largest absolute Gasteiger partial charge is 0.433 e. The molecule has 1 aliphatic heterocycles. The van der Waals surface area contributed by atoms with Crippen molar-refractivity contribution in [1.29, 1.82) is 0 Å². The maximum absolute atomic E-state index is 13.5. The van der Waals surface area contributed by atoms with E-state index in [4.69, 9.17) is 25.4 Å². The Morgan fingerprint density at radius 1 is 1.00 bits per heavy atom. The van der Waals surface area contributed by atoms with Gasteiger partial charge in [-0.2, -0.15) is 13.8 Å². The van der Waals surface area contributed by atoms with Gasteiger partial charge in [-0.25, -0.2) is 4.98 Å². The molecule has 2 heterocycles. The fraction of sp³-hybridized carbons (Fsp3) is 0.467. The van der Waals surface area contributed by atoms with Crippen molar-refractivity contribution < 1.29 is 22.6 Å². The summed E-state index contributed by atoms with van der Waals surface area (Å²) in [4.78, 5) is 11.2. The minimum Gasteiger partial charge on any atom is -0.433 e. The lowest BCUT2D eigenvalue weighted by Crippen LogP contribution is -2.39. The van der Waals surface area contributed by atoms with Crippen molar-refractivity contribution in [2.45, 2.75) is 51.1 Å². The Bertz CT molecular complexity index is 1350. The molecule has 1 aromatic heterocycles. The number of aromatic nitrogens is 2. The number of para-hydroxylation sites is 1. The maximum Gasteiger partial charge on any atom is 0.387 e. The van der Waals surface area contributed by atoms with Crippen molar-refractivity contribution in [2.75, 3.05) is 45.0 Å². The Morgan fingerprint density at radius 2 is 1.71 bits per heavy atom. The average Bonchev–Trinajstić information content (AvgIpc) is 2.99. The van der Waals surface area contributed by atoms with E-state index < -0.39 is 15.0 Å². The third-order valence-electron chi connectivity index (χ3n) is 8.46. The molecule has 8 nitrogen and oxygen atoms in total. The topological polar surface area (TPSA) is 80.8 Å². The van der Waals surface area contributed by atoms with Crippen LogP contribution in [0.4, 0.5) is 31.9 Å². The second-order valence-corrected chi connectivity index (χ2v) is 13.1. The number of halogens is 3. The van der Waals surface area contributed by atoms with Gasteiger partial charge < -0.3 is 29.3 Å². The van der Waals surface area contributed by atoms with Crippen LogP contribution in [0.25, 0.3) is 0 Å². The van der Waals surface area contributed by atoms with Crippen LogP contribution in [0.5, 0.6) is 5.75 Å². The van der Waals surface area contributed by atoms with Crippen molar-refractivity contribution >= 4 is 48.4 Å². The van der Waals surface area contributed by atoms with Crippen molar-refractivity contribution in [3.8, 4) is 5.75 Å². The summed E-state index contributed by atoms with van der Waals surface area (Å²) in [6, 6.07) is 13.0. The molecule has 2 fully saturated rings. The van der Waals surface area contributed by atoms with Gasteiger partial charge in [0.25, 0.3) is 0 Å². The van der Waals surface area contributed by atoms with Crippen LogP contribution in [0.2, 0.25) is 5.02 Å². The second-order valence-electron chi connectivity index (χ2n) is 11.0. The van der Waals surface area contributed by atoms with Gasteiger partial charge in [-0.05, 0) is 99.8 Å². The second kappa shape index (κ2) is 13.8. The number of benzene rings is 2. The van der Waals surface area contributed by atoms with Crippen molar-refractivity contribution in [3.05, 3.63) is 59.2 Å². The highest BCUT2D eigenvalue weighted by molar-refractivity contribution is 7.56. The molecule has 0 unspecified atom stereocenters. The number of likely N-dealkylation sites (tertiary alicyclic amines) is 1. The lowest BCUT2D eigenvalue weighted by Gasteiger charge is -2.45. The summed E-state index contributed by atoms with van der Waals surface area (Å²) in [7, 11) is 4.04. The number of anilines is 4. The Morgan fingerprint density at radius 3 is 2.40 bits per heavy atom. The minimum atomic E-state index is -2.97. The standard InChI is InChI=1S/C30H37ClF2N5O3P/c1-38-16-14-30(15-17-38)12-10-20(11-13-30)21-8-9-23(25(18-21)41-28(32)33)36-29-34-19-22(31)27(37-29)35-24-6-4-5-7-26(24)42(39-2)40-3/h4-9,18-20,28H,10-17H2,1-3H3,(H2,34,35,36,37). The molecule has 0 amide bonds. The summed E-state index contributed by atoms with van der Waals surface area (Å²) < 4.78 is 42.9. The van der Waals surface area contributed by atoms with Crippen LogP contribution in [-0.4, -0.2) is 55.8 Å². The fourth-order valence-corrected chi connectivity index (χ4v) is 7.23. The number of rotatable bonds is 10. The Hall–Kier alpha value is -2.62. The first-order valence-corrected chi connectivity index (χ1v) is 15.7. The zero-order valence-corrected chi connectivity index (χ0v) is 25.7. The molecule has 1 aliphatic carbocycles. The predicted octanol–water partition coefficient (Wildman–Crippen LogP) is 7.82. The fourth-order valence-electron chi connectivity index (χ4n) is 6.02. The average molecular weight is 620 g/mol. The molecule has 2 N–H and O–H groups in total. The molecule has 2 aromatic carbocycles. The molecule has 12 heteroatoms. The summed E-state index contributed by atoms with van der Waals surface area (Å²) in [6.07, 6.45) is 8.37. The maximum atomic E-state index is 13.5. The van der Waals surface area contributed by atoms with Crippen LogP contribution in [-0.2, 0) is 9.05 Å². The van der Waals surface area contributed by atoms with E-state index >= 15 is 0 Å². The first-order chi connectivity index (χ1) is 20.3. The van der Waals surface area contributed by atoms with E-state index in [0.717, 1.165) is 36.8 Å². The minimum absolute atomic E-state index is 0.0614. The van der Waals surface area contributed by atoms with Crippen LogP contribution >= 0.6 is 20.0 Å². The first-order valence-electron chi connectivity index (χ1n) is 14.1. The van der Waals surface area contributed by atoms with Crippen molar-refractivity contribution in [3.63, 3.8) is 0 Å². The molecular formula is C30H37ClF2N5O3P. The SMILES string of the molecule is COP(OC)c1ccccc1Nc1nc(Nc2ccc(C3CCC4(CC3)CCN(C)CC4)cc2OC(F)F)ncc1Cl. The van der Waals surface area contributed by atoms with E-state index in [1.54, 1.807) is 26.4 Å². The van der Waals surface area contributed by atoms with E-state index in [-0.39, 0.29) is 16.7 Å². The zero-order valence-electron chi connectivity index (χ0n) is 24.1. The van der Waals surface area contributed by atoms with Crippen molar-refractivity contribution in [1.82, 2.24) is 14.9 Å². The molecule has 0 radical (unpaired) electrons. The summed E-state index contributed by atoms with van der Waals surface area (Å²) in [5, 5.41) is 7.36. The molecule has 3 aromatic rings. The highest BCUT2D eigenvalue weighted by atomic mass is 35.5. The molecular weight excluding hydrogens is 583 g/mol. The number of ether oxygens (including phenoxy) is 1. The van der Waals surface area contributed by atoms with Gasteiger partial charge in [-0.1, -0.05) is 29.8 Å². The third kappa shape index (κ3) is 7.29. The lowest BCUT2D eigenvalue weighted by molar-refractivity contribution is -0.0494. The summed E-state index contributed by atoms with van der Waals surface area (Å²) in [5.74, 6) is 0.888. The highest BCUT2D eigenvalue weighted by Crippen LogP contribution is 2.49. The van der Waals surface area contributed by atoms with Gasteiger partial charge in [0.1, 0.15) is 10.8 Å². The molecule has 0 atom stereocenters. The first kappa shape index (κ1) is 30.8. The zero-order chi connectivity index (χ0) is 29.7.